The molecule has 2 nitrogen and oxygen atoms in total. The first-order valence-electron chi connectivity index (χ1n) is 5.46. The lowest BCUT2D eigenvalue weighted by molar-refractivity contribution is 0.199. The Balaban J connectivity index is 1.73. The van der Waals surface area contributed by atoms with Crippen LogP contribution in [0.25, 0.3) is 0 Å². The summed E-state index contributed by atoms with van der Waals surface area (Å²) in [5.74, 6) is 0. The number of nitrogens with one attached hydrogen (secondary N) is 1. The molecule has 2 aliphatic rings. The summed E-state index contributed by atoms with van der Waals surface area (Å²) in [5, 5.41) is 13.2. The van der Waals surface area contributed by atoms with E-state index < -0.39 is 0 Å². The van der Waals surface area contributed by atoms with E-state index >= 15 is 0 Å². The summed E-state index contributed by atoms with van der Waals surface area (Å²) < 4.78 is 0. The van der Waals surface area contributed by atoms with Crippen LogP contribution in [-0.4, -0.2) is 23.8 Å². The van der Waals surface area contributed by atoms with Crippen molar-refractivity contribution in [2.75, 3.05) is 6.54 Å². The molecular weight excluding hydrogens is 162 g/mol. The van der Waals surface area contributed by atoms with E-state index in [1.165, 1.54) is 31.3 Å². The number of aliphatic hydroxyl groups excluding tert-OH is 1. The maximum absolute atomic E-state index is 9.82. The Kier molecular flexibility index (Phi) is 3.01. The first-order valence-corrected chi connectivity index (χ1v) is 5.46. The minimum absolute atomic E-state index is 0.221. The maximum atomic E-state index is 9.82. The van der Waals surface area contributed by atoms with Gasteiger partial charge in [0.25, 0.3) is 0 Å². The summed E-state index contributed by atoms with van der Waals surface area (Å²) >= 11 is 0. The molecular formula is C11H19NO. The monoisotopic (exact) mass is 181 g/mol. The Bertz CT molecular complexity index is 196. The molecule has 0 aromatic carbocycles. The minimum Gasteiger partial charge on any atom is -0.387 e. The number of hydrogen-bond donors (Lipinski definition) is 2. The van der Waals surface area contributed by atoms with Crippen LogP contribution in [0.1, 0.15) is 38.5 Å². The zero-order chi connectivity index (χ0) is 9.10. The highest BCUT2D eigenvalue weighted by Gasteiger charge is 2.22. The molecule has 0 aromatic rings. The van der Waals surface area contributed by atoms with Crippen molar-refractivity contribution in [2.24, 2.45) is 0 Å². The number of hydrogen-bond acceptors (Lipinski definition) is 2. The minimum atomic E-state index is -0.221. The highest BCUT2D eigenvalue weighted by Crippen LogP contribution is 2.22. The van der Waals surface area contributed by atoms with Crippen molar-refractivity contribution in [1.29, 1.82) is 0 Å². The van der Waals surface area contributed by atoms with Crippen molar-refractivity contribution in [3.8, 4) is 0 Å². The van der Waals surface area contributed by atoms with Crippen LogP contribution in [0, 0.1) is 0 Å². The van der Waals surface area contributed by atoms with Gasteiger partial charge in [0.05, 0.1) is 6.10 Å². The van der Waals surface area contributed by atoms with Crippen molar-refractivity contribution < 1.29 is 5.11 Å². The van der Waals surface area contributed by atoms with Gasteiger partial charge < -0.3 is 10.4 Å². The van der Waals surface area contributed by atoms with Gasteiger partial charge in [-0.2, -0.15) is 0 Å². The van der Waals surface area contributed by atoms with Crippen molar-refractivity contribution in [3.63, 3.8) is 0 Å². The van der Waals surface area contributed by atoms with Crippen LogP contribution in [0.15, 0.2) is 11.6 Å². The third-order valence-electron chi connectivity index (χ3n) is 2.93. The molecule has 2 heteroatoms. The predicted octanol–water partition coefficient (Wildman–Crippen LogP) is 1.60. The molecule has 0 radical (unpaired) electrons. The predicted molar refractivity (Wildman–Crippen MR) is 53.6 cm³/mol. The molecule has 0 aromatic heterocycles. The van der Waals surface area contributed by atoms with Gasteiger partial charge in [0.2, 0.25) is 0 Å². The topological polar surface area (TPSA) is 32.3 Å². The molecule has 0 spiro atoms. The molecule has 1 atom stereocenters. The normalized spacial score (nSPS) is 25.5. The van der Waals surface area contributed by atoms with Crippen LogP contribution in [-0.2, 0) is 0 Å². The van der Waals surface area contributed by atoms with Gasteiger partial charge in [-0.3, -0.25) is 0 Å². The van der Waals surface area contributed by atoms with Gasteiger partial charge in [0.15, 0.2) is 0 Å². The Morgan fingerprint density at radius 1 is 1.46 bits per heavy atom. The number of aliphatic hydroxyl groups is 1. The molecule has 1 unspecified atom stereocenters. The summed E-state index contributed by atoms with van der Waals surface area (Å²) in [6, 6.07) is 0.707. The molecule has 2 aliphatic carbocycles. The van der Waals surface area contributed by atoms with E-state index in [9.17, 15) is 5.11 Å². The van der Waals surface area contributed by atoms with E-state index in [0.29, 0.717) is 6.04 Å². The summed E-state index contributed by atoms with van der Waals surface area (Å²) in [4.78, 5) is 0. The summed E-state index contributed by atoms with van der Waals surface area (Å²) in [7, 11) is 0. The zero-order valence-electron chi connectivity index (χ0n) is 8.13. The fraction of sp³-hybridized carbons (Fsp3) is 0.818. The molecule has 1 saturated carbocycles. The Morgan fingerprint density at radius 3 is 2.92 bits per heavy atom. The number of rotatable bonds is 4. The van der Waals surface area contributed by atoms with E-state index in [1.807, 2.05) is 0 Å². The SMILES string of the molecule is OC(CNC1CC1)C1=CCCCC1. The van der Waals surface area contributed by atoms with Crippen molar-refractivity contribution in [2.45, 2.75) is 50.7 Å². The van der Waals surface area contributed by atoms with E-state index in [2.05, 4.69) is 11.4 Å². The van der Waals surface area contributed by atoms with Crippen LogP contribution in [0.2, 0.25) is 0 Å². The zero-order valence-corrected chi connectivity index (χ0v) is 8.13. The highest BCUT2D eigenvalue weighted by atomic mass is 16.3. The first kappa shape index (κ1) is 9.22. The van der Waals surface area contributed by atoms with Gasteiger partial charge >= 0.3 is 0 Å². The smallest absolute Gasteiger partial charge is 0.0874 e. The van der Waals surface area contributed by atoms with Gasteiger partial charge in [-0.1, -0.05) is 6.08 Å². The van der Waals surface area contributed by atoms with Gasteiger partial charge in [0, 0.05) is 12.6 Å². The molecule has 0 heterocycles. The van der Waals surface area contributed by atoms with Gasteiger partial charge in [-0.05, 0) is 44.1 Å². The van der Waals surface area contributed by atoms with Gasteiger partial charge in [0.1, 0.15) is 0 Å². The van der Waals surface area contributed by atoms with E-state index in [1.54, 1.807) is 0 Å². The molecule has 74 valence electrons. The standard InChI is InChI=1S/C11H19NO/c13-11(8-12-10-6-7-10)9-4-2-1-3-5-9/h4,10-13H,1-3,5-8H2. The average Bonchev–Trinajstić information content (AvgIpc) is 2.99. The molecule has 13 heavy (non-hydrogen) atoms. The second-order valence-electron chi connectivity index (χ2n) is 4.22. The lowest BCUT2D eigenvalue weighted by Gasteiger charge is -2.18. The summed E-state index contributed by atoms with van der Waals surface area (Å²) in [5.41, 5.74) is 1.26. The average molecular weight is 181 g/mol. The third kappa shape index (κ3) is 2.82. The van der Waals surface area contributed by atoms with Crippen molar-refractivity contribution in [3.05, 3.63) is 11.6 Å². The molecule has 1 fully saturated rings. The molecule has 2 rings (SSSR count). The fourth-order valence-corrected chi connectivity index (χ4v) is 1.86. The van der Waals surface area contributed by atoms with Crippen LogP contribution < -0.4 is 5.32 Å². The van der Waals surface area contributed by atoms with Crippen molar-refractivity contribution >= 4 is 0 Å². The van der Waals surface area contributed by atoms with Crippen LogP contribution >= 0.6 is 0 Å². The maximum Gasteiger partial charge on any atom is 0.0874 e. The first-order chi connectivity index (χ1) is 6.36. The molecule has 2 N–H and O–H groups in total. The Morgan fingerprint density at radius 2 is 2.31 bits per heavy atom. The van der Waals surface area contributed by atoms with Gasteiger partial charge in [-0.25, -0.2) is 0 Å². The highest BCUT2D eigenvalue weighted by molar-refractivity contribution is 5.11. The molecule has 0 amide bonds. The largest absolute Gasteiger partial charge is 0.387 e. The van der Waals surface area contributed by atoms with E-state index in [0.717, 1.165) is 19.4 Å². The fourth-order valence-electron chi connectivity index (χ4n) is 1.86. The number of allylic oxidation sites excluding steroid dienone is 1. The van der Waals surface area contributed by atoms with Crippen LogP contribution in [0.4, 0.5) is 0 Å². The van der Waals surface area contributed by atoms with Gasteiger partial charge in [-0.15, -0.1) is 0 Å². The Hall–Kier alpha value is -0.340. The lowest BCUT2D eigenvalue weighted by Crippen LogP contribution is -2.30. The van der Waals surface area contributed by atoms with E-state index in [4.69, 9.17) is 0 Å². The van der Waals surface area contributed by atoms with Crippen molar-refractivity contribution in [1.82, 2.24) is 5.32 Å². The molecule has 0 saturated heterocycles. The summed E-state index contributed by atoms with van der Waals surface area (Å²) in [6.07, 6.45) is 9.42. The second kappa shape index (κ2) is 4.25. The molecule has 0 bridgehead atoms. The van der Waals surface area contributed by atoms with Crippen LogP contribution in [0.5, 0.6) is 0 Å². The third-order valence-corrected chi connectivity index (χ3v) is 2.93. The second-order valence-corrected chi connectivity index (χ2v) is 4.22. The molecule has 0 aliphatic heterocycles. The van der Waals surface area contributed by atoms with E-state index in [-0.39, 0.29) is 6.10 Å². The summed E-state index contributed by atoms with van der Waals surface area (Å²) in [6.45, 7) is 0.760. The Labute approximate surface area is 80.0 Å². The van der Waals surface area contributed by atoms with Crippen LogP contribution in [0.3, 0.4) is 0 Å². The quantitative estimate of drug-likeness (QED) is 0.646. The lowest BCUT2D eigenvalue weighted by atomic mass is 9.95.